The Labute approximate surface area is 272 Å². The van der Waals surface area contributed by atoms with Crippen molar-refractivity contribution >= 4 is 22.9 Å². The van der Waals surface area contributed by atoms with Gasteiger partial charge in [0.15, 0.2) is 17.2 Å². The van der Waals surface area contributed by atoms with Crippen molar-refractivity contribution in [1.82, 2.24) is 0 Å². The summed E-state index contributed by atoms with van der Waals surface area (Å²) >= 11 is 0. The van der Waals surface area contributed by atoms with Crippen LogP contribution in [-0.4, -0.2) is 43.4 Å². The molecule has 1 unspecified atom stereocenters. The molecule has 1 aromatic carbocycles. The van der Waals surface area contributed by atoms with Gasteiger partial charge in [-0.1, -0.05) is 80.0 Å². The van der Waals surface area contributed by atoms with Gasteiger partial charge in [-0.2, -0.15) is 0 Å². The summed E-state index contributed by atoms with van der Waals surface area (Å²) in [5.74, 6) is -4.94. The zero-order valence-electron chi connectivity index (χ0n) is 29.0. The van der Waals surface area contributed by atoms with Gasteiger partial charge in [-0.25, -0.2) is 0 Å². The molecule has 0 aromatic heterocycles. The molecule has 7 nitrogen and oxygen atoms in total. The van der Waals surface area contributed by atoms with Crippen LogP contribution in [0, 0.1) is 28.1 Å². The number of phenolic OH excluding ortho intramolecular Hbond substituents is 1. The number of fused-ring (bicyclic) bond motifs is 3. The minimum atomic E-state index is -2.62. The van der Waals surface area contributed by atoms with Gasteiger partial charge in [-0.3, -0.25) is 14.4 Å². The normalized spacial score (nSPS) is 29.6. The van der Waals surface area contributed by atoms with Crippen LogP contribution in [0.2, 0.25) is 0 Å². The van der Waals surface area contributed by atoms with Crippen molar-refractivity contribution in [3.63, 3.8) is 0 Å². The van der Waals surface area contributed by atoms with Gasteiger partial charge in [0.25, 0.3) is 0 Å². The van der Waals surface area contributed by atoms with Crippen LogP contribution >= 0.6 is 0 Å². The van der Waals surface area contributed by atoms with E-state index in [0.29, 0.717) is 17.5 Å². The molecule has 0 saturated carbocycles. The number of benzene rings is 1. The van der Waals surface area contributed by atoms with Crippen molar-refractivity contribution in [2.45, 2.75) is 113 Å². The number of ketones is 3. The van der Waals surface area contributed by atoms with Crippen LogP contribution in [0.4, 0.5) is 0 Å². The number of phenols is 1. The number of hydrogen-bond donors (Lipinski definition) is 4. The van der Waals surface area contributed by atoms with Crippen LogP contribution in [0.5, 0.6) is 5.75 Å². The highest BCUT2D eigenvalue weighted by molar-refractivity contribution is 6.25. The van der Waals surface area contributed by atoms with Gasteiger partial charge in [0, 0.05) is 27.9 Å². The first-order valence-electron chi connectivity index (χ1n) is 16.6. The van der Waals surface area contributed by atoms with Gasteiger partial charge in [-0.15, -0.1) is 0 Å². The predicted molar refractivity (Wildman–Crippen MR) is 179 cm³/mol. The number of allylic oxidation sites excluding steroid dienone is 6. The fourth-order valence-corrected chi connectivity index (χ4v) is 9.06. The molecule has 0 saturated heterocycles. The molecule has 4 atom stereocenters. The molecule has 1 aromatic rings. The monoisotopic (exact) mass is 630 g/mol. The molecule has 0 amide bonds. The Morgan fingerprint density at radius 1 is 1.04 bits per heavy atom. The number of aliphatic hydroxyl groups excluding tert-OH is 2. The maximum absolute atomic E-state index is 14.7. The zero-order chi connectivity index (χ0) is 34.5. The quantitative estimate of drug-likeness (QED) is 0.234. The third kappa shape index (κ3) is 4.75. The maximum atomic E-state index is 14.7. The highest BCUT2D eigenvalue weighted by Crippen LogP contribution is 2.65. The molecule has 0 spiro atoms. The lowest BCUT2D eigenvalue weighted by atomic mass is 9.44. The summed E-state index contributed by atoms with van der Waals surface area (Å²) in [7, 11) is 0. The molecule has 0 fully saturated rings. The first-order chi connectivity index (χ1) is 21.1. The van der Waals surface area contributed by atoms with Crippen molar-refractivity contribution in [1.29, 1.82) is 0 Å². The van der Waals surface area contributed by atoms with Crippen LogP contribution in [0.1, 0.15) is 128 Å². The molecular formula is C39H50O7. The average molecular weight is 631 g/mol. The number of hydrogen-bond acceptors (Lipinski definition) is 7. The minimum Gasteiger partial charge on any atom is -0.511 e. The molecule has 0 radical (unpaired) electrons. The van der Waals surface area contributed by atoms with Crippen molar-refractivity contribution in [2.24, 2.45) is 28.1 Å². The molecule has 0 heterocycles. The second kappa shape index (κ2) is 10.8. The van der Waals surface area contributed by atoms with Crippen molar-refractivity contribution in [2.75, 3.05) is 0 Å². The zero-order valence-corrected chi connectivity index (χ0v) is 29.0. The lowest BCUT2D eigenvalue weighted by molar-refractivity contribution is -0.171. The molecule has 0 aliphatic heterocycles. The van der Waals surface area contributed by atoms with Crippen molar-refractivity contribution < 1.29 is 34.8 Å². The summed E-state index contributed by atoms with van der Waals surface area (Å²) in [6.45, 7) is 19.0. The number of Topliss-reactive ketones (excluding diaryl/α,β-unsaturated/α-hetero) is 3. The van der Waals surface area contributed by atoms with E-state index in [4.69, 9.17) is 0 Å². The molecule has 7 heteroatoms. The Balaban J connectivity index is 1.69. The SMILES string of the molecule is CC(=O)C1=C(O)C(C(C)C)[C@@]2(C)C[C@@]3(C)Cc4c(C(C)C)cc(C5=CC=C(CCC(C)(C)C)C5)c(O)c4C(=O)C3=C(O)[C@@]2(O)C1=O. The summed E-state index contributed by atoms with van der Waals surface area (Å²) in [5, 5.41) is 47.5. The molecular weight excluding hydrogens is 580 g/mol. The third-order valence-electron chi connectivity index (χ3n) is 11.1. The van der Waals surface area contributed by atoms with E-state index in [2.05, 4.69) is 26.8 Å². The van der Waals surface area contributed by atoms with Crippen molar-refractivity contribution in [3.8, 4) is 5.75 Å². The summed E-state index contributed by atoms with van der Waals surface area (Å²) < 4.78 is 0. The van der Waals surface area contributed by atoms with Crippen molar-refractivity contribution in [3.05, 3.63) is 68.7 Å². The fraction of sp³-hybridized carbons (Fsp3) is 0.564. The Bertz CT molecular complexity index is 1690. The lowest BCUT2D eigenvalue weighted by Gasteiger charge is -2.59. The van der Waals surface area contributed by atoms with E-state index in [9.17, 15) is 34.8 Å². The van der Waals surface area contributed by atoms with E-state index in [-0.39, 0.29) is 52.7 Å². The fourth-order valence-electron chi connectivity index (χ4n) is 9.06. The first kappa shape index (κ1) is 33.9. The van der Waals surface area contributed by atoms with Crippen LogP contribution in [0.3, 0.4) is 0 Å². The van der Waals surface area contributed by atoms with E-state index in [1.807, 2.05) is 46.8 Å². The number of aromatic hydroxyl groups is 1. The van der Waals surface area contributed by atoms with Crippen LogP contribution in [0.15, 0.2) is 46.5 Å². The molecule has 4 aliphatic carbocycles. The average Bonchev–Trinajstić information content (AvgIpc) is 3.37. The summed E-state index contributed by atoms with van der Waals surface area (Å²) in [5.41, 5.74) is -1.13. The number of rotatable bonds is 6. The Hall–Kier alpha value is -3.45. The molecule has 0 bridgehead atoms. The second-order valence-corrected chi connectivity index (χ2v) is 16.6. The first-order valence-corrected chi connectivity index (χ1v) is 16.6. The minimum absolute atomic E-state index is 0.0137. The summed E-state index contributed by atoms with van der Waals surface area (Å²) in [6.07, 6.45) is 7.06. The standard InChI is InChI=1S/C39H50O7/c1-19(2)24-16-25(23-12-11-22(15-23)13-14-36(6,7)8)31(41)28-26(24)17-37(9)18-38(10)29(20(3)4)32(42)27(21(5)40)34(44)39(38,46)35(45)30(37)33(28)43/h11-12,16,19-20,29,41-42,45-46H,13-15,17-18H2,1-10H3/t29?,37-,38-,39+/m1/s1. The van der Waals surface area contributed by atoms with E-state index < -0.39 is 51.0 Å². The second-order valence-electron chi connectivity index (χ2n) is 16.6. The van der Waals surface area contributed by atoms with Gasteiger partial charge in [0.05, 0.1) is 5.56 Å². The van der Waals surface area contributed by atoms with Crippen LogP contribution < -0.4 is 0 Å². The van der Waals surface area contributed by atoms with Gasteiger partial charge >= 0.3 is 0 Å². The topological polar surface area (TPSA) is 132 Å². The van der Waals surface area contributed by atoms with Gasteiger partial charge in [0.1, 0.15) is 22.8 Å². The lowest BCUT2D eigenvalue weighted by Crippen LogP contribution is -2.67. The smallest absolute Gasteiger partial charge is 0.209 e. The molecule has 4 N–H and O–H groups in total. The van der Waals surface area contributed by atoms with E-state index in [0.717, 1.165) is 30.9 Å². The Morgan fingerprint density at radius 2 is 1.67 bits per heavy atom. The van der Waals surface area contributed by atoms with Crippen LogP contribution in [0.25, 0.3) is 5.57 Å². The molecule has 46 heavy (non-hydrogen) atoms. The van der Waals surface area contributed by atoms with E-state index in [1.165, 1.54) is 5.57 Å². The molecule has 4 aliphatic rings. The van der Waals surface area contributed by atoms with Gasteiger partial charge in [-0.05, 0) is 79.0 Å². The number of aliphatic hydroxyl groups is 3. The highest BCUT2D eigenvalue weighted by atomic mass is 16.3. The van der Waals surface area contributed by atoms with Crippen LogP contribution in [-0.2, 0) is 16.0 Å². The Morgan fingerprint density at radius 3 is 2.22 bits per heavy atom. The highest BCUT2D eigenvalue weighted by Gasteiger charge is 2.71. The van der Waals surface area contributed by atoms with Gasteiger partial charge in [0.2, 0.25) is 5.78 Å². The summed E-state index contributed by atoms with van der Waals surface area (Å²) in [4.78, 5) is 41.3. The molecule has 5 rings (SSSR count). The number of carbonyl (C=O) groups is 3. The predicted octanol–water partition coefficient (Wildman–Crippen LogP) is 8.01. The molecule has 248 valence electrons. The Kier molecular flexibility index (Phi) is 7.96. The van der Waals surface area contributed by atoms with E-state index in [1.54, 1.807) is 6.92 Å². The maximum Gasteiger partial charge on any atom is 0.209 e. The summed E-state index contributed by atoms with van der Waals surface area (Å²) in [6, 6.07) is 1.99. The number of carbonyl (C=O) groups excluding carboxylic acids is 3. The third-order valence-corrected chi connectivity index (χ3v) is 11.1. The van der Waals surface area contributed by atoms with E-state index >= 15 is 0 Å². The van der Waals surface area contributed by atoms with Gasteiger partial charge < -0.3 is 20.4 Å². The largest absolute Gasteiger partial charge is 0.511 e.